The van der Waals surface area contributed by atoms with E-state index >= 15 is 0 Å². The van der Waals surface area contributed by atoms with Crippen LogP contribution in [0.1, 0.15) is 34.6 Å². The summed E-state index contributed by atoms with van der Waals surface area (Å²) in [5, 5.41) is 0. The molecule has 0 aliphatic carbocycles. The van der Waals surface area contributed by atoms with Crippen molar-refractivity contribution in [3.8, 4) is 0 Å². The van der Waals surface area contributed by atoms with Crippen LogP contribution >= 0.6 is 24.0 Å². The van der Waals surface area contributed by atoms with Gasteiger partial charge in [0, 0.05) is 12.1 Å². The molecule has 0 rings (SSSR count). The summed E-state index contributed by atoms with van der Waals surface area (Å²) < 4.78 is 1.03. The lowest BCUT2D eigenvalue weighted by Gasteiger charge is -2.32. The molecule has 0 N–H and O–H groups in total. The summed E-state index contributed by atoms with van der Waals surface area (Å²) in [6, 6.07) is 1.02. The van der Waals surface area contributed by atoms with Crippen LogP contribution in [0.2, 0.25) is 0 Å². The molecule has 1 nitrogen and oxygen atoms in total. The maximum Gasteiger partial charge on any atom is 0.136 e. The fourth-order valence-corrected chi connectivity index (χ4v) is 2.81. The summed E-state index contributed by atoms with van der Waals surface area (Å²) in [6.07, 6.45) is 0. The Morgan fingerprint density at radius 2 is 1.67 bits per heavy atom. The van der Waals surface area contributed by atoms with E-state index in [0.29, 0.717) is 12.1 Å². The lowest BCUT2D eigenvalue weighted by Crippen LogP contribution is -2.39. The quantitative estimate of drug-likeness (QED) is 0.652. The topological polar surface area (TPSA) is 3.24 Å². The summed E-state index contributed by atoms with van der Waals surface area (Å²) in [5.41, 5.74) is 0. The average Bonchev–Trinajstić information content (AvgIpc) is 1.85. The zero-order valence-corrected chi connectivity index (χ0v) is 10.3. The van der Waals surface area contributed by atoms with Crippen molar-refractivity contribution in [2.75, 3.05) is 5.75 Å². The van der Waals surface area contributed by atoms with Gasteiger partial charge in [0.25, 0.3) is 0 Å². The van der Waals surface area contributed by atoms with Crippen LogP contribution in [0.15, 0.2) is 0 Å². The van der Waals surface area contributed by atoms with Crippen LogP contribution in [0.3, 0.4) is 0 Å². The Labute approximate surface area is 85.9 Å². The predicted molar refractivity (Wildman–Crippen MR) is 62.8 cm³/mol. The molecule has 0 aromatic carbocycles. The number of nitrogens with zero attached hydrogens (tertiary/aromatic N) is 1. The van der Waals surface area contributed by atoms with E-state index in [4.69, 9.17) is 12.2 Å². The minimum atomic E-state index is 0.511. The molecule has 0 aromatic rings. The fraction of sp³-hybridized carbons (Fsp3) is 0.889. The van der Waals surface area contributed by atoms with Crippen LogP contribution in [0.5, 0.6) is 0 Å². The van der Waals surface area contributed by atoms with Crippen molar-refractivity contribution in [1.29, 1.82) is 0 Å². The Balaban J connectivity index is 4.20. The van der Waals surface area contributed by atoms with Gasteiger partial charge in [0.05, 0.1) is 0 Å². The highest BCUT2D eigenvalue weighted by molar-refractivity contribution is 8.22. The van der Waals surface area contributed by atoms with E-state index in [0.717, 1.165) is 10.1 Å². The molecule has 0 heterocycles. The molecule has 0 aliphatic heterocycles. The van der Waals surface area contributed by atoms with Gasteiger partial charge in [-0.2, -0.15) is 0 Å². The third-order valence-corrected chi connectivity index (χ3v) is 2.90. The highest BCUT2D eigenvalue weighted by atomic mass is 32.2. The molecule has 12 heavy (non-hydrogen) atoms. The molecule has 0 saturated carbocycles. The van der Waals surface area contributed by atoms with Gasteiger partial charge in [-0.3, -0.25) is 0 Å². The van der Waals surface area contributed by atoms with Crippen molar-refractivity contribution in [2.24, 2.45) is 0 Å². The molecule has 0 saturated heterocycles. The Hall–Kier alpha value is 0.240. The number of rotatable bonds is 3. The van der Waals surface area contributed by atoms with E-state index < -0.39 is 0 Å². The molecule has 0 bridgehead atoms. The maximum absolute atomic E-state index is 5.32. The first-order chi connectivity index (χ1) is 5.50. The van der Waals surface area contributed by atoms with E-state index in [-0.39, 0.29) is 0 Å². The van der Waals surface area contributed by atoms with Gasteiger partial charge in [0.1, 0.15) is 4.32 Å². The van der Waals surface area contributed by atoms with Crippen molar-refractivity contribution in [2.45, 2.75) is 46.7 Å². The summed E-state index contributed by atoms with van der Waals surface area (Å²) in [7, 11) is 0. The van der Waals surface area contributed by atoms with Crippen LogP contribution in [-0.2, 0) is 0 Å². The average molecular weight is 205 g/mol. The van der Waals surface area contributed by atoms with Crippen molar-refractivity contribution in [3.63, 3.8) is 0 Å². The lowest BCUT2D eigenvalue weighted by molar-refractivity contribution is 0.303. The van der Waals surface area contributed by atoms with Crippen molar-refractivity contribution in [3.05, 3.63) is 0 Å². The first-order valence-electron chi connectivity index (χ1n) is 4.45. The van der Waals surface area contributed by atoms with Crippen LogP contribution < -0.4 is 0 Å². The second-order valence-corrected chi connectivity index (χ2v) is 5.19. The largest absolute Gasteiger partial charge is 0.353 e. The monoisotopic (exact) mass is 205 g/mol. The first kappa shape index (κ1) is 12.2. The van der Waals surface area contributed by atoms with Gasteiger partial charge in [-0.25, -0.2) is 0 Å². The van der Waals surface area contributed by atoms with Crippen molar-refractivity contribution in [1.82, 2.24) is 4.90 Å². The zero-order chi connectivity index (χ0) is 9.72. The molecule has 0 amide bonds. The smallest absolute Gasteiger partial charge is 0.136 e. The van der Waals surface area contributed by atoms with Crippen LogP contribution in [0.25, 0.3) is 0 Å². The third kappa shape index (κ3) is 3.76. The lowest BCUT2D eigenvalue weighted by atomic mass is 10.2. The Kier molecular flexibility index (Phi) is 5.93. The molecule has 0 unspecified atom stereocenters. The highest BCUT2D eigenvalue weighted by Gasteiger charge is 2.15. The minimum absolute atomic E-state index is 0.511. The molecular weight excluding hydrogens is 186 g/mol. The SMILES string of the molecule is CCSC(=S)N(C(C)C)C(C)C. The summed E-state index contributed by atoms with van der Waals surface area (Å²) >= 11 is 7.07. The van der Waals surface area contributed by atoms with Crippen LogP contribution in [0.4, 0.5) is 0 Å². The van der Waals surface area contributed by atoms with Gasteiger partial charge in [-0.05, 0) is 33.4 Å². The standard InChI is InChI=1S/C9H19NS2/c1-6-12-9(11)10(7(2)3)8(4)5/h7-8H,6H2,1-5H3. The third-order valence-electron chi connectivity index (χ3n) is 1.59. The van der Waals surface area contributed by atoms with Gasteiger partial charge in [0.15, 0.2) is 0 Å². The summed E-state index contributed by atoms with van der Waals surface area (Å²) in [6.45, 7) is 10.9. The van der Waals surface area contributed by atoms with E-state index in [9.17, 15) is 0 Å². The molecule has 72 valence electrons. The Morgan fingerprint density at radius 3 is 1.92 bits per heavy atom. The predicted octanol–water partition coefficient (Wildman–Crippen LogP) is 3.14. The number of thioether (sulfide) groups is 1. The van der Waals surface area contributed by atoms with Gasteiger partial charge >= 0.3 is 0 Å². The normalized spacial score (nSPS) is 10.9. The van der Waals surface area contributed by atoms with E-state index in [1.807, 2.05) is 0 Å². The van der Waals surface area contributed by atoms with Crippen LogP contribution in [0, 0.1) is 0 Å². The molecule has 3 heteroatoms. The Morgan fingerprint density at radius 1 is 1.25 bits per heavy atom. The minimum Gasteiger partial charge on any atom is -0.353 e. The maximum atomic E-state index is 5.32. The summed E-state index contributed by atoms with van der Waals surface area (Å²) in [4.78, 5) is 2.28. The van der Waals surface area contributed by atoms with Gasteiger partial charge in [-0.15, -0.1) is 0 Å². The van der Waals surface area contributed by atoms with Gasteiger partial charge in [-0.1, -0.05) is 30.9 Å². The molecular formula is C9H19NS2. The fourth-order valence-electron chi connectivity index (χ4n) is 1.22. The van der Waals surface area contributed by atoms with E-state index in [1.165, 1.54) is 0 Å². The van der Waals surface area contributed by atoms with Crippen molar-refractivity contribution >= 4 is 28.3 Å². The number of thiocarbonyl (C=S) groups is 1. The molecule has 0 aliphatic rings. The van der Waals surface area contributed by atoms with Crippen LogP contribution in [-0.4, -0.2) is 27.1 Å². The molecule has 0 fully saturated rings. The second-order valence-electron chi connectivity index (χ2n) is 3.29. The molecule has 0 radical (unpaired) electrons. The van der Waals surface area contributed by atoms with Gasteiger partial charge < -0.3 is 4.90 Å². The number of hydrogen-bond donors (Lipinski definition) is 0. The first-order valence-corrected chi connectivity index (χ1v) is 5.85. The highest BCUT2D eigenvalue weighted by Crippen LogP contribution is 2.15. The molecule has 0 atom stereocenters. The second kappa shape index (κ2) is 5.81. The van der Waals surface area contributed by atoms with Crippen molar-refractivity contribution < 1.29 is 0 Å². The summed E-state index contributed by atoms with van der Waals surface area (Å²) in [5.74, 6) is 1.06. The van der Waals surface area contributed by atoms with E-state index in [2.05, 4.69) is 39.5 Å². The number of hydrogen-bond acceptors (Lipinski definition) is 2. The molecule has 0 spiro atoms. The van der Waals surface area contributed by atoms with Gasteiger partial charge in [0.2, 0.25) is 0 Å². The zero-order valence-electron chi connectivity index (χ0n) is 8.63. The van der Waals surface area contributed by atoms with E-state index in [1.54, 1.807) is 11.8 Å². The molecule has 0 aromatic heterocycles. The Bertz CT molecular complexity index is 135.